The van der Waals surface area contributed by atoms with Crippen molar-refractivity contribution in [3.63, 3.8) is 0 Å². The first-order chi connectivity index (χ1) is 8.97. The summed E-state index contributed by atoms with van der Waals surface area (Å²) in [5, 5.41) is 9.78. The van der Waals surface area contributed by atoms with Crippen molar-refractivity contribution < 1.29 is 9.84 Å². The molecule has 0 amide bonds. The third-order valence-electron chi connectivity index (χ3n) is 2.78. The van der Waals surface area contributed by atoms with Crippen molar-refractivity contribution in [2.75, 3.05) is 0 Å². The van der Waals surface area contributed by atoms with E-state index < -0.39 is 6.10 Å². The summed E-state index contributed by atoms with van der Waals surface area (Å²) in [6, 6.07) is 11.5. The van der Waals surface area contributed by atoms with Crippen LogP contribution in [0.5, 0.6) is 11.5 Å². The lowest BCUT2D eigenvalue weighted by atomic mass is 10.1. The summed E-state index contributed by atoms with van der Waals surface area (Å²) in [7, 11) is 0. The van der Waals surface area contributed by atoms with Crippen molar-refractivity contribution in [3.8, 4) is 11.5 Å². The van der Waals surface area contributed by atoms with E-state index in [1.807, 2.05) is 43.3 Å². The maximum Gasteiger partial charge on any atom is 0.134 e. The summed E-state index contributed by atoms with van der Waals surface area (Å²) in [6.07, 6.45) is -0.571. The Morgan fingerprint density at radius 3 is 2.26 bits per heavy atom. The van der Waals surface area contributed by atoms with Gasteiger partial charge in [0.2, 0.25) is 0 Å². The molecule has 0 radical (unpaired) electrons. The van der Waals surface area contributed by atoms with Gasteiger partial charge in [-0.15, -0.1) is 0 Å². The normalized spacial score (nSPS) is 12.3. The monoisotopic (exact) mass is 384 g/mol. The molecule has 0 aliphatic carbocycles. The number of rotatable bonds is 3. The molecule has 0 saturated carbocycles. The predicted molar refractivity (Wildman–Crippen MR) is 83.7 cm³/mol. The van der Waals surface area contributed by atoms with E-state index in [1.165, 1.54) is 0 Å². The average Bonchev–Trinajstić information content (AvgIpc) is 2.32. The van der Waals surface area contributed by atoms with Gasteiger partial charge in [-0.1, -0.05) is 37.9 Å². The minimum atomic E-state index is -0.571. The standard InChI is InChI=1S/C15H14Br2O2/c1-9-7-11(16)4-6-14(9)19-15-8-12(17)3-5-13(15)10(2)18/h3-8,10,18H,1-2H3. The number of halogens is 2. The lowest BCUT2D eigenvalue weighted by molar-refractivity contribution is 0.195. The molecule has 0 bridgehead atoms. The molecule has 0 saturated heterocycles. The van der Waals surface area contributed by atoms with Gasteiger partial charge in [-0.2, -0.15) is 0 Å². The minimum Gasteiger partial charge on any atom is -0.457 e. The van der Waals surface area contributed by atoms with Crippen molar-refractivity contribution >= 4 is 31.9 Å². The summed E-state index contributed by atoms with van der Waals surface area (Å²) in [5.74, 6) is 1.44. The molecule has 19 heavy (non-hydrogen) atoms. The van der Waals surface area contributed by atoms with Crippen LogP contribution in [0.25, 0.3) is 0 Å². The molecular formula is C15H14Br2O2. The van der Waals surface area contributed by atoms with Crippen LogP contribution < -0.4 is 4.74 Å². The summed E-state index contributed by atoms with van der Waals surface area (Å²) in [4.78, 5) is 0. The maximum absolute atomic E-state index is 9.78. The van der Waals surface area contributed by atoms with E-state index in [0.29, 0.717) is 5.75 Å². The van der Waals surface area contributed by atoms with E-state index in [4.69, 9.17) is 4.74 Å². The number of hydrogen-bond donors (Lipinski definition) is 1. The Balaban J connectivity index is 2.39. The summed E-state index contributed by atoms with van der Waals surface area (Å²) < 4.78 is 7.86. The Hall–Kier alpha value is -0.840. The predicted octanol–water partition coefficient (Wildman–Crippen LogP) is 5.37. The van der Waals surface area contributed by atoms with Crippen molar-refractivity contribution in [1.82, 2.24) is 0 Å². The second kappa shape index (κ2) is 6.07. The summed E-state index contributed by atoms with van der Waals surface area (Å²) in [5.41, 5.74) is 1.80. The van der Waals surface area contributed by atoms with E-state index in [0.717, 1.165) is 25.8 Å². The second-order valence-corrected chi connectivity index (χ2v) is 6.20. The van der Waals surface area contributed by atoms with Crippen LogP contribution in [-0.2, 0) is 0 Å². The lowest BCUT2D eigenvalue weighted by Crippen LogP contribution is -1.97. The van der Waals surface area contributed by atoms with Crippen LogP contribution >= 0.6 is 31.9 Å². The van der Waals surface area contributed by atoms with E-state index in [-0.39, 0.29) is 0 Å². The minimum absolute atomic E-state index is 0.571. The van der Waals surface area contributed by atoms with Crippen LogP contribution in [0.4, 0.5) is 0 Å². The number of benzene rings is 2. The number of aliphatic hydroxyl groups excluding tert-OH is 1. The van der Waals surface area contributed by atoms with E-state index >= 15 is 0 Å². The zero-order valence-corrected chi connectivity index (χ0v) is 13.8. The first-order valence-electron chi connectivity index (χ1n) is 5.89. The highest BCUT2D eigenvalue weighted by atomic mass is 79.9. The van der Waals surface area contributed by atoms with E-state index in [2.05, 4.69) is 31.9 Å². The summed E-state index contributed by atoms with van der Waals surface area (Å²) in [6.45, 7) is 3.71. The molecule has 0 spiro atoms. The fraction of sp³-hybridized carbons (Fsp3) is 0.200. The number of hydrogen-bond acceptors (Lipinski definition) is 2. The Morgan fingerprint density at radius 1 is 1.00 bits per heavy atom. The second-order valence-electron chi connectivity index (χ2n) is 4.37. The van der Waals surface area contributed by atoms with Gasteiger partial charge in [-0.05, 0) is 49.7 Å². The third-order valence-corrected chi connectivity index (χ3v) is 3.77. The fourth-order valence-corrected chi connectivity index (χ4v) is 2.60. The molecule has 0 heterocycles. The third kappa shape index (κ3) is 3.59. The molecule has 0 aromatic heterocycles. The Bertz CT molecular complexity index is 595. The van der Waals surface area contributed by atoms with Gasteiger partial charge in [0.15, 0.2) is 0 Å². The van der Waals surface area contributed by atoms with Crippen LogP contribution in [0.15, 0.2) is 45.3 Å². The highest BCUT2D eigenvalue weighted by Crippen LogP contribution is 2.34. The van der Waals surface area contributed by atoms with Gasteiger partial charge in [0.25, 0.3) is 0 Å². The Labute approximate surface area is 129 Å². The molecule has 2 aromatic rings. The molecule has 0 fully saturated rings. The van der Waals surface area contributed by atoms with Gasteiger partial charge in [-0.3, -0.25) is 0 Å². The highest BCUT2D eigenvalue weighted by Gasteiger charge is 2.11. The molecule has 2 rings (SSSR count). The van der Waals surface area contributed by atoms with Gasteiger partial charge in [-0.25, -0.2) is 0 Å². The zero-order chi connectivity index (χ0) is 14.0. The van der Waals surface area contributed by atoms with Crippen LogP contribution in [0.1, 0.15) is 24.2 Å². The zero-order valence-electron chi connectivity index (χ0n) is 10.7. The maximum atomic E-state index is 9.78. The first-order valence-corrected chi connectivity index (χ1v) is 7.47. The Morgan fingerprint density at radius 2 is 1.63 bits per heavy atom. The molecule has 0 aliphatic heterocycles. The lowest BCUT2D eigenvalue weighted by Gasteiger charge is -2.15. The first kappa shape index (κ1) is 14.6. The molecule has 0 aliphatic rings. The molecule has 100 valence electrons. The van der Waals surface area contributed by atoms with Gasteiger partial charge in [0, 0.05) is 14.5 Å². The van der Waals surface area contributed by atoms with Crippen LogP contribution in [0, 0.1) is 6.92 Å². The molecule has 1 unspecified atom stereocenters. The number of ether oxygens (including phenoxy) is 1. The van der Waals surface area contributed by atoms with Gasteiger partial charge >= 0.3 is 0 Å². The van der Waals surface area contributed by atoms with Crippen molar-refractivity contribution in [2.45, 2.75) is 20.0 Å². The van der Waals surface area contributed by atoms with Crippen LogP contribution in [0.3, 0.4) is 0 Å². The SMILES string of the molecule is Cc1cc(Br)ccc1Oc1cc(Br)ccc1C(C)O. The fourth-order valence-electron chi connectivity index (χ4n) is 1.79. The average molecular weight is 386 g/mol. The van der Waals surface area contributed by atoms with Gasteiger partial charge in [0.1, 0.15) is 11.5 Å². The smallest absolute Gasteiger partial charge is 0.134 e. The number of aliphatic hydroxyl groups is 1. The van der Waals surface area contributed by atoms with Crippen LogP contribution in [0.2, 0.25) is 0 Å². The van der Waals surface area contributed by atoms with Crippen LogP contribution in [-0.4, -0.2) is 5.11 Å². The highest BCUT2D eigenvalue weighted by molar-refractivity contribution is 9.10. The quantitative estimate of drug-likeness (QED) is 0.769. The molecule has 1 N–H and O–H groups in total. The largest absolute Gasteiger partial charge is 0.457 e. The molecule has 2 aromatic carbocycles. The molecule has 4 heteroatoms. The van der Waals surface area contributed by atoms with Gasteiger partial charge in [0.05, 0.1) is 6.10 Å². The topological polar surface area (TPSA) is 29.5 Å². The summed E-state index contributed by atoms with van der Waals surface area (Å²) >= 11 is 6.85. The molecule has 2 nitrogen and oxygen atoms in total. The van der Waals surface area contributed by atoms with E-state index in [9.17, 15) is 5.11 Å². The van der Waals surface area contributed by atoms with Crippen molar-refractivity contribution in [2.24, 2.45) is 0 Å². The van der Waals surface area contributed by atoms with Crippen molar-refractivity contribution in [3.05, 3.63) is 56.5 Å². The number of aryl methyl sites for hydroxylation is 1. The molecular weight excluding hydrogens is 372 g/mol. The van der Waals surface area contributed by atoms with E-state index in [1.54, 1.807) is 6.92 Å². The van der Waals surface area contributed by atoms with Gasteiger partial charge < -0.3 is 9.84 Å². The Kier molecular flexibility index (Phi) is 4.66. The van der Waals surface area contributed by atoms with Crippen molar-refractivity contribution in [1.29, 1.82) is 0 Å². The molecule has 1 atom stereocenters.